The second-order valence-electron chi connectivity index (χ2n) is 8.21. The lowest BCUT2D eigenvalue weighted by molar-refractivity contribution is 0.0691. The molecule has 4 rings (SSSR count). The minimum absolute atomic E-state index is 0.240. The predicted molar refractivity (Wildman–Crippen MR) is 97.5 cm³/mol. The molecular formula is C18H33FN4S. The largest absolute Gasteiger partial charge is 0.247 e. The van der Waals surface area contributed by atoms with Crippen molar-refractivity contribution in [2.45, 2.75) is 100 Å². The molecule has 6 heteroatoms. The van der Waals surface area contributed by atoms with Crippen LogP contribution in [0.25, 0.3) is 0 Å². The maximum Gasteiger partial charge on any atom is 0.136 e. The van der Waals surface area contributed by atoms with Crippen LogP contribution in [0.4, 0.5) is 4.39 Å². The molecule has 2 heterocycles. The first-order valence-electron chi connectivity index (χ1n) is 10.1. The molecule has 0 amide bonds. The molecule has 0 radical (unpaired) electrons. The van der Waals surface area contributed by atoms with E-state index in [0.717, 1.165) is 25.2 Å². The molecule has 5 unspecified atom stereocenters. The lowest BCUT2D eigenvalue weighted by Gasteiger charge is -2.33. The van der Waals surface area contributed by atoms with Crippen molar-refractivity contribution >= 4 is 11.8 Å². The fraction of sp³-hybridized carbons (Fsp3) is 1.00. The first-order chi connectivity index (χ1) is 11.8. The molecule has 2 aliphatic carbocycles. The maximum atomic E-state index is 13.8. The third kappa shape index (κ3) is 4.09. The van der Waals surface area contributed by atoms with Gasteiger partial charge in [0.25, 0.3) is 0 Å². The number of hydrazine groups is 2. The molecule has 138 valence electrons. The summed E-state index contributed by atoms with van der Waals surface area (Å²) in [7, 11) is 0. The monoisotopic (exact) mass is 356 g/mol. The van der Waals surface area contributed by atoms with Gasteiger partial charge in [-0.1, -0.05) is 51.4 Å². The average Bonchev–Trinajstić information content (AvgIpc) is 3.16. The number of nitrogens with zero attached hydrogens (tertiary/aromatic N) is 1. The van der Waals surface area contributed by atoms with E-state index >= 15 is 0 Å². The van der Waals surface area contributed by atoms with Crippen molar-refractivity contribution in [2.24, 2.45) is 11.8 Å². The van der Waals surface area contributed by atoms with Gasteiger partial charge < -0.3 is 0 Å². The third-order valence-corrected chi connectivity index (χ3v) is 7.67. The summed E-state index contributed by atoms with van der Waals surface area (Å²) in [5.41, 5.74) is 10.8. The Balaban J connectivity index is 1.22. The van der Waals surface area contributed by atoms with E-state index in [1.54, 1.807) is 0 Å². The highest BCUT2D eigenvalue weighted by atomic mass is 32.2. The van der Waals surface area contributed by atoms with Crippen LogP contribution < -0.4 is 16.3 Å². The summed E-state index contributed by atoms with van der Waals surface area (Å²) in [5, 5.41) is 2.85. The summed E-state index contributed by atoms with van der Waals surface area (Å²) in [6.07, 6.45) is 14.5. The molecule has 2 saturated carbocycles. The standard InChI is InChI=1S/C18H33FN4S/c19-15-10-5-9-14(12-15)17-20-21-18-23(17)22-16(24-18)11-4-8-13-6-2-1-3-7-13/h13-18,20-22H,1-12H2. The topological polar surface area (TPSA) is 39.3 Å². The van der Waals surface area contributed by atoms with Crippen LogP contribution in [0.3, 0.4) is 0 Å². The van der Waals surface area contributed by atoms with Gasteiger partial charge in [-0.3, -0.25) is 0 Å². The zero-order valence-corrected chi connectivity index (χ0v) is 15.5. The van der Waals surface area contributed by atoms with Crippen LogP contribution in [0, 0.1) is 11.8 Å². The van der Waals surface area contributed by atoms with Crippen molar-refractivity contribution in [1.29, 1.82) is 0 Å². The number of fused-ring (bicyclic) bond motifs is 1. The number of nitrogens with one attached hydrogen (secondary N) is 3. The molecule has 0 aromatic carbocycles. The zero-order valence-electron chi connectivity index (χ0n) is 14.7. The van der Waals surface area contributed by atoms with Gasteiger partial charge in [0.15, 0.2) is 0 Å². The molecular weight excluding hydrogens is 323 g/mol. The van der Waals surface area contributed by atoms with Crippen molar-refractivity contribution in [1.82, 2.24) is 21.3 Å². The van der Waals surface area contributed by atoms with Gasteiger partial charge in [0.2, 0.25) is 0 Å². The Morgan fingerprint density at radius 1 is 0.958 bits per heavy atom. The van der Waals surface area contributed by atoms with E-state index in [2.05, 4.69) is 21.3 Å². The van der Waals surface area contributed by atoms with Crippen LogP contribution in [-0.2, 0) is 0 Å². The number of hydrogen-bond donors (Lipinski definition) is 3. The summed E-state index contributed by atoms with van der Waals surface area (Å²) < 4.78 is 13.8. The molecule has 4 nitrogen and oxygen atoms in total. The van der Waals surface area contributed by atoms with Crippen LogP contribution >= 0.6 is 11.8 Å². The molecule has 0 aromatic rings. The Kier molecular flexibility index (Phi) is 6.00. The zero-order chi connectivity index (χ0) is 16.4. The highest BCUT2D eigenvalue weighted by molar-refractivity contribution is 8.00. The first-order valence-corrected chi connectivity index (χ1v) is 11.1. The van der Waals surface area contributed by atoms with Gasteiger partial charge in [-0.15, -0.1) is 11.8 Å². The van der Waals surface area contributed by atoms with Crippen LogP contribution in [0.15, 0.2) is 0 Å². The van der Waals surface area contributed by atoms with Crippen LogP contribution in [0.1, 0.15) is 77.0 Å². The quantitative estimate of drug-likeness (QED) is 0.698. The van der Waals surface area contributed by atoms with Crippen molar-refractivity contribution in [3.8, 4) is 0 Å². The fourth-order valence-electron chi connectivity index (χ4n) is 5.04. The van der Waals surface area contributed by atoms with Crippen molar-refractivity contribution in [2.75, 3.05) is 0 Å². The van der Waals surface area contributed by atoms with Crippen LogP contribution in [0.5, 0.6) is 0 Å². The molecule has 0 aromatic heterocycles. The molecule has 2 aliphatic heterocycles. The highest BCUT2D eigenvalue weighted by Gasteiger charge is 2.45. The molecule has 24 heavy (non-hydrogen) atoms. The normalized spacial score (nSPS) is 41.6. The van der Waals surface area contributed by atoms with E-state index in [0.29, 0.717) is 23.2 Å². The minimum atomic E-state index is -0.605. The number of rotatable bonds is 5. The van der Waals surface area contributed by atoms with Crippen molar-refractivity contribution in [3.63, 3.8) is 0 Å². The molecule has 5 atom stereocenters. The minimum Gasteiger partial charge on any atom is -0.247 e. The Hall–Kier alpha value is 0.120. The Morgan fingerprint density at radius 3 is 2.67 bits per heavy atom. The lowest BCUT2D eigenvalue weighted by atomic mass is 9.86. The van der Waals surface area contributed by atoms with Crippen LogP contribution in [-0.4, -0.2) is 28.2 Å². The number of alkyl halides is 1. The predicted octanol–water partition coefficient (Wildman–Crippen LogP) is 3.86. The van der Waals surface area contributed by atoms with Gasteiger partial charge in [0, 0.05) is 0 Å². The van der Waals surface area contributed by atoms with E-state index in [4.69, 9.17) is 0 Å². The SMILES string of the molecule is FC1CCCC(C2NNC3SC(CCCC4CCCCC4)NN32)C1. The summed E-state index contributed by atoms with van der Waals surface area (Å²) >= 11 is 1.98. The average molecular weight is 357 g/mol. The van der Waals surface area contributed by atoms with Gasteiger partial charge in [-0.2, -0.15) is 5.01 Å². The smallest absolute Gasteiger partial charge is 0.136 e. The van der Waals surface area contributed by atoms with E-state index < -0.39 is 6.17 Å². The van der Waals surface area contributed by atoms with E-state index in [-0.39, 0.29) is 6.17 Å². The van der Waals surface area contributed by atoms with Gasteiger partial charge in [-0.05, 0) is 37.5 Å². The molecule has 2 saturated heterocycles. The lowest BCUT2D eigenvalue weighted by Crippen LogP contribution is -2.50. The second kappa shape index (κ2) is 8.21. The third-order valence-electron chi connectivity index (χ3n) is 6.39. The molecule has 4 aliphatic rings. The second-order valence-corrected chi connectivity index (χ2v) is 9.49. The summed E-state index contributed by atoms with van der Waals surface area (Å²) in [4.78, 5) is 0. The summed E-state index contributed by atoms with van der Waals surface area (Å²) in [6, 6.07) is 0. The Labute approximate surface area is 150 Å². The van der Waals surface area contributed by atoms with Crippen molar-refractivity contribution in [3.05, 3.63) is 0 Å². The van der Waals surface area contributed by atoms with Gasteiger partial charge in [0.05, 0.1) is 11.5 Å². The number of hydrogen-bond acceptors (Lipinski definition) is 5. The fourth-order valence-corrected chi connectivity index (χ4v) is 6.30. The van der Waals surface area contributed by atoms with Gasteiger partial charge >= 0.3 is 0 Å². The Morgan fingerprint density at radius 2 is 1.83 bits per heavy atom. The van der Waals surface area contributed by atoms with Gasteiger partial charge in [-0.25, -0.2) is 20.7 Å². The van der Waals surface area contributed by atoms with E-state index in [1.165, 1.54) is 51.4 Å². The van der Waals surface area contributed by atoms with Gasteiger partial charge in [0.1, 0.15) is 11.7 Å². The molecule has 0 spiro atoms. The van der Waals surface area contributed by atoms with E-state index in [1.807, 2.05) is 11.8 Å². The molecule has 4 fully saturated rings. The molecule has 3 N–H and O–H groups in total. The van der Waals surface area contributed by atoms with Crippen molar-refractivity contribution < 1.29 is 4.39 Å². The number of thioether (sulfide) groups is 1. The molecule has 0 bridgehead atoms. The van der Waals surface area contributed by atoms with E-state index in [9.17, 15) is 4.39 Å². The maximum absolute atomic E-state index is 13.8. The first kappa shape index (κ1) is 17.5. The highest BCUT2D eigenvalue weighted by Crippen LogP contribution is 2.37. The summed E-state index contributed by atoms with van der Waals surface area (Å²) in [6.45, 7) is 0. The number of halogens is 1. The summed E-state index contributed by atoms with van der Waals surface area (Å²) in [5.74, 6) is 1.40. The van der Waals surface area contributed by atoms with Crippen LogP contribution in [0.2, 0.25) is 0 Å². The Bertz CT molecular complexity index is 406.